The van der Waals surface area contributed by atoms with Crippen molar-refractivity contribution in [3.05, 3.63) is 270 Å². The predicted octanol–water partition coefficient (Wildman–Crippen LogP) is 17.4. The van der Waals surface area contributed by atoms with Gasteiger partial charge in [-0.2, -0.15) is 79.0 Å². The van der Waals surface area contributed by atoms with E-state index < -0.39 is 202 Å². The van der Waals surface area contributed by atoms with Gasteiger partial charge in [0.05, 0.1) is 102 Å². The second-order valence-electron chi connectivity index (χ2n) is 24.7. The quantitative estimate of drug-likeness (QED) is 0.0543. The highest BCUT2D eigenvalue weighted by Gasteiger charge is 2.73. The van der Waals surface area contributed by atoms with E-state index in [0.717, 1.165) is 74.3 Å². The first-order valence-corrected chi connectivity index (χ1v) is 31.1. The normalized spacial score (nSPS) is 14.7. The number of nitrogens with zero attached hydrogens (tertiary/aromatic N) is 4. The number of hydrogen-bond acceptors (Lipinski definition) is 12. The molecule has 0 spiro atoms. The number of fused-ring (bicyclic) bond motifs is 4. The number of esters is 2. The van der Waals surface area contributed by atoms with Crippen molar-refractivity contribution in [3.63, 3.8) is 0 Å². The summed E-state index contributed by atoms with van der Waals surface area (Å²) in [6.45, 7) is 3.15. The highest BCUT2D eigenvalue weighted by atomic mass is 19.4. The fraction of sp³-hybridized carbons (Fsp3) is 0.147. The Morgan fingerprint density at radius 1 is 0.303 bits per heavy atom. The van der Waals surface area contributed by atoms with Gasteiger partial charge in [0, 0.05) is 7.05 Å². The molecule has 8 amide bonds. The summed E-state index contributed by atoms with van der Waals surface area (Å²) in [5, 5.41) is 0. The van der Waals surface area contributed by atoms with E-state index in [1.807, 2.05) is 0 Å². The maximum absolute atomic E-state index is 15.2. The van der Waals surface area contributed by atoms with Crippen LogP contribution in [-0.4, -0.2) is 90.6 Å². The molecule has 0 unspecified atom stereocenters. The van der Waals surface area contributed by atoms with Crippen molar-refractivity contribution in [3.8, 4) is 28.0 Å². The molecule has 4 heterocycles. The molecule has 0 saturated carbocycles. The molecule has 0 fully saturated rings. The molecule has 34 heteroatoms. The summed E-state index contributed by atoms with van der Waals surface area (Å²) in [6, 6.07) is 22.1. The number of amides is 8. The third-order valence-electron chi connectivity index (χ3n) is 18.1. The van der Waals surface area contributed by atoms with Gasteiger partial charge < -0.3 is 9.47 Å². The van der Waals surface area contributed by atoms with Crippen LogP contribution in [0.15, 0.2) is 170 Å². The molecule has 109 heavy (non-hydrogen) atoms. The van der Waals surface area contributed by atoms with Crippen LogP contribution in [0.5, 0.6) is 5.75 Å². The zero-order valence-electron chi connectivity index (χ0n) is 55.2. The van der Waals surface area contributed by atoms with Crippen LogP contribution < -0.4 is 19.4 Å². The molecule has 0 radical (unpaired) electrons. The van der Waals surface area contributed by atoms with Gasteiger partial charge in [-0.1, -0.05) is 65.7 Å². The molecule has 9 aromatic rings. The molecular weight excluding hydrogens is 1490 g/mol. The molecule has 0 bridgehead atoms. The van der Waals surface area contributed by atoms with E-state index in [1.54, 1.807) is 19.1 Å². The summed E-state index contributed by atoms with van der Waals surface area (Å²) in [4.78, 5) is 131. The molecule has 13 rings (SSSR count). The minimum atomic E-state index is -6.34. The fourth-order valence-electron chi connectivity index (χ4n) is 12.9. The third-order valence-corrected chi connectivity index (χ3v) is 18.1. The van der Waals surface area contributed by atoms with Gasteiger partial charge in [0.1, 0.15) is 5.75 Å². The zero-order valence-corrected chi connectivity index (χ0v) is 55.2. The highest BCUT2D eigenvalue weighted by Crippen LogP contribution is 2.58. The molecule has 0 aliphatic carbocycles. The van der Waals surface area contributed by atoms with Crippen LogP contribution >= 0.6 is 0 Å². The molecule has 0 aromatic heterocycles. The van der Waals surface area contributed by atoms with Gasteiger partial charge in [0.15, 0.2) is 0 Å². The average Bonchev–Trinajstić information content (AvgIpc) is 1.70. The standard InChI is InChI=1S/C50H25F12N3O8.C25H15F6NO4/c1-22-3-10-28(11-4-22)73-45(72)23-5-12-32-34(17-23)43(70)64(41(32)68)26-8-15-29(37(20-26)47(51,52)53)30-16-9-27(21-38(30)48(54,55)56)65-42(69)33-14-7-25(19-36(33)44(65)71)46(49(57,58)59,50(60,61)62)24-6-13-31-35(18-24)40(67)63(2)39(31)66;1-12-3-6-15(19(9-12)24(26,27)28)16-8-5-14(11-20(16)25(29,30)31)32-21(33)17-7-4-13(23(35)36-2)10-18(17)22(32)34/h3-21H,1-2H3;3-11H,1-2H3. The van der Waals surface area contributed by atoms with Crippen LogP contribution in [0.1, 0.15) is 148 Å². The van der Waals surface area contributed by atoms with Crippen molar-refractivity contribution in [1.29, 1.82) is 0 Å². The van der Waals surface area contributed by atoms with E-state index in [-0.39, 0.29) is 74.4 Å². The van der Waals surface area contributed by atoms with Gasteiger partial charge in [-0.3, -0.25) is 43.3 Å². The topological polar surface area (TPSA) is 202 Å². The first-order chi connectivity index (χ1) is 50.7. The van der Waals surface area contributed by atoms with Crippen molar-refractivity contribution in [2.75, 3.05) is 28.9 Å². The summed E-state index contributed by atoms with van der Waals surface area (Å²) >= 11 is 0. The third kappa shape index (κ3) is 12.9. The number of aryl methyl sites for hydroxylation is 2. The summed E-state index contributed by atoms with van der Waals surface area (Å²) in [5.41, 5.74) is -24.9. The number of rotatable bonds is 10. The monoisotopic (exact) mass is 1530 g/mol. The van der Waals surface area contributed by atoms with E-state index in [1.165, 1.54) is 37.3 Å². The van der Waals surface area contributed by atoms with Gasteiger partial charge >= 0.3 is 49.0 Å². The minimum Gasteiger partial charge on any atom is -0.465 e. The smallest absolute Gasteiger partial charge is 0.417 e. The number of benzene rings is 9. The van der Waals surface area contributed by atoms with Gasteiger partial charge in [-0.25, -0.2) is 24.3 Å². The maximum atomic E-state index is 15.2. The van der Waals surface area contributed by atoms with E-state index in [0.29, 0.717) is 57.2 Å². The first-order valence-electron chi connectivity index (χ1n) is 31.1. The Morgan fingerprint density at radius 2 is 0.587 bits per heavy atom. The Balaban J connectivity index is 0.000000257. The van der Waals surface area contributed by atoms with Gasteiger partial charge in [-0.05, 0) is 162 Å². The second-order valence-corrected chi connectivity index (χ2v) is 24.7. The van der Waals surface area contributed by atoms with E-state index in [9.17, 15) is 101 Å². The van der Waals surface area contributed by atoms with Crippen molar-refractivity contribution in [1.82, 2.24) is 4.90 Å². The Morgan fingerprint density at radius 3 is 0.945 bits per heavy atom. The maximum Gasteiger partial charge on any atom is 0.417 e. The van der Waals surface area contributed by atoms with Crippen LogP contribution in [0, 0.1) is 13.8 Å². The van der Waals surface area contributed by atoms with Crippen LogP contribution in [0.4, 0.5) is 96.1 Å². The Hall–Kier alpha value is -12.8. The lowest BCUT2D eigenvalue weighted by atomic mass is 9.71. The van der Waals surface area contributed by atoms with E-state index >= 15 is 26.3 Å². The van der Waals surface area contributed by atoms with Crippen LogP contribution in [0.25, 0.3) is 22.3 Å². The fourth-order valence-corrected chi connectivity index (χ4v) is 12.9. The van der Waals surface area contributed by atoms with Crippen molar-refractivity contribution >= 4 is 76.3 Å². The Labute approximate surface area is 598 Å². The summed E-state index contributed by atoms with van der Waals surface area (Å²) < 4.78 is 273. The lowest BCUT2D eigenvalue weighted by molar-refractivity contribution is -0.288. The second kappa shape index (κ2) is 26.3. The van der Waals surface area contributed by atoms with Gasteiger partial charge in [0.2, 0.25) is 5.41 Å². The molecule has 16 nitrogen and oxygen atoms in total. The average molecular weight is 1530 g/mol. The molecule has 558 valence electrons. The summed E-state index contributed by atoms with van der Waals surface area (Å²) in [6.07, 6.45) is -33.9. The van der Waals surface area contributed by atoms with E-state index in [4.69, 9.17) is 4.74 Å². The minimum absolute atomic E-state index is 0.0461. The first kappa shape index (κ1) is 75.9. The largest absolute Gasteiger partial charge is 0.465 e. The number of hydrogen-bond donors (Lipinski definition) is 0. The molecular formula is C75H40F18N4O12. The summed E-state index contributed by atoms with van der Waals surface area (Å²) in [7, 11) is 2.03. The van der Waals surface area contributed by atoms with Crippen molar-refractivity contribution < 1.29 is 136 Å². The van der Waals surface area contributed by atoms with Gasteiger partial charge in [-0.15, -0.1) is 0 Å². The number of imide groups is 4. The van der Waals surface area contributed by atoms with Crippen LogP contribution in [0.2, 0.25) is 0 Å². The van der Waals surface area contributed by atoms with Crippen molar-refractivity contribution in [2.45, 2.75) is 56.3 Å². The number of carbonyl (C=O) groups excluding carboxylic acids is 10. The lowest BCUT2D eigenvalue weighted by Crippen LogP contribution is -2.55. The summed E-state index contributed by atoms with van der Waals surface area (Å²) in [5.74, 6) is -11.5. The number of ether oxygens (including phenoxy) is 2. The Kier molecular flexibility index (Phi) is 18.3. The molecule has 0 saturated heterocycles. The predicted molar refractivity (Wildman–Crippen MR) is 344 cm³/mol. The number of halogens is 18. The van der Waals surface area contributed by atoms with E-state index in [2.05, 4.69) is 4.74 Å². The van der Waals surface area contributed by atoms with Gasteiger partial charge in [0.25, 0.3) is 47.3 Å². The number of carbonyl (C=O) groups is 10. The van der Waals surface area contributed by atoms with Crippen LogP contribution in [-0.2, 0) is 34.9 Å². The lowest BCUT2D eigenvalue weighted by Gasteiger charge is -2.38. The molecule has 4 aliphatic heterocycles. The Bertz CT molecular complexity index is 5490. The highest BCUT2D eigenvalue weighted by molar-refractivity contribution is 6.36. The molecule has 9 aromatic carbocycles. The number of anilines is 3. The molecule has 4 aliphatic rings. The zero-order chi connectivity index (χ0) is 79.8. The molecule has 0 atom stereocenters. The van der Waals surface area contributed by atoms with Crippen LogP contribution in [0.3, 0.4) is 0 Å². The molecule has 0 N–H and O–H groups in total. The number of alkyl halides is 18. The number of methoxy groups -OCH3 is 1. The van der Waals surface area contributed by atoms with Crippen molar-refractivity contribution in [2.24, 2.45) is 0 Å². The SMILES string of the molecule is COC(=O)c1ccc2c(c1)C(=O)N(c1ccc(-c3ccc(C)cc3C(F)(F)F)c(C(F)(F)F)c1)C2=O.Cc1ccc(OC(=O)c2ccc3c(c2)C(=O)N(c2ccc(-c4ccc(N5C(=O)c6ccc(C(c7ccc8c(c7)C(=O)N(C)C8=O)(C(F)(F)F)C(F)(F)F)cc6C5=O)cc4C(F)(F)F)c(C(F)(F)F)c2)C3=O)cc1.